The van der Waals surface area contributed by atoms with Crippen molar-refractivity contribution in [3.8, 4) is 0 Å². The van der Waals surface area contributed by atoms with Crippen LogP contribution >= 0.6 is 0 Å². The van der Waals surface area contributed by atoms with Crippen LogP contribution in [0.2, 0.25) is 0 Å². The predicted octanol–water partition coefficient (Wildman–Crippen LogP) is 6.40. The minimum Gasteiger partial charge on any atom is -0.410 e. The third-order valence-corrected chi connectivity index (χ3v) is 5.77. The first-order valence-electron chi connectivity index (χ1n) is 8.95. The quantitative estimate of drug-likeness (QED) is 0.343. The van der Waals surface area contributed by atoms with Gasteiger partial charge < -0.3 is 24.7 Å². The van der Waals surface area contributed by atoms with Gasteiger partial charge in [0.25, 0.3) is 0 Å². The van der Waals surface area contributed by atoms with Crippen molar-refractivity contribution in [1.29, 1.82) is 0 Å². The molecular formula is C24H34FeN2. The Morgan fingerprint density at radius 3 is 2.00 bits per heavy atom. The molecule has 3 heteroatoms. The Bertz CT molecular complexity index is 755. The van der Waals surface area contributed by atoms with E-state index in [4.69, 9.17) is 0 Å². The van der Waals surface area contributed by atoms with Crippen LogP contribution in [0.5, 0.6) is 0 Å². The summed E-state index contributed by atoms with van der Waals surface area (Å²) in [7, 11) is 0. The second-order valence-electron chi connectivity index (χ2n) is 6.97. The molecule has 2 heterocycles. The van der Waals surface area contributed by atoms with Gasteiger partial charge in [0.1, 0.15) is 0 Å². The van der Waals surface area contributed by atoms with Crippen LogP contribution in [-0.2, 0) is 17.1 Å². The van der Waals surface area contributed by atoms with Crippen LogP contribution in [0.1, 0.15) is 40.7 Å². The van der Waals surface area contributed by atoms with Crippen LogP contribution < -0.4 is 4.90 Å². The van der Waals surface area contributed by atoms with Gasteiger partial charge in [0, 0.05) is 19.3 Å². The second-order valence-corrected chi connectivity index (χ2v) is 6.97. The fourth-order valence-corrected chi connectivity index (χ4v) is 3.66. The minimum atomic E-state index is 0. The van der Waals surface area contributed by atoms with Gasteiger partial charge in [-0.05, 0) is 18.5 Å². The van der Waals surface area contributed by atoms with Gasteiger partial charge in [0.2, 0.25) is 0 Å². The van der Waals surface area contributed by atoms with Crippen molar-refractivity contribution in [2.24, 2.45) is 0 Å². The van der Waals surface area contributed by atoms with Crippen molar-refractivity contribution in [2.75, 3.05) is 18.0 Å². The SMILES string of the molecule is Cc1c(C)c(C)[c-](C)c1C.[CH3-].[CH3-].[Fe+4].c1cc2nccc(N3CCCC3)c2[cH-]1. The van der Waals surface area contributed by atoms with Gasteiger partial charge in [-0.15, -0.1) is 11.5 Å². The number of hydrogen-bond acceptors (Lipinski definition) is 2. The number of fused-ring (bicyclic) bond motifs is 1. The van der Waals surface area contributed by atoms with E-state index in [0.29, 0.717) is 0 Å². The summed E-state index contributed by atoms with van der Waals surface area (Å²) in [6.07, 6.45) is 4.56. The molecule has 27 heavy (non-hydrogen) atoms. The van der Waals surface area contributed by atoms with Crippen LogP contribution in [0.15, 0.2) is 30.5 Å². The van der Waals surface area contributed by atoms with E-state index in [-0.39, 0.29) is 31.9 Å². The summed E-state index contributed by atoms with van der Waals surface area (Å²) in [5.74, 6) is 0. The van der Waals surface area contributed by atoms with Crippen LogP contribution in [0.3, 0.4) is 0 Å². The third-order valence-electron chi connectivity index (χ3n) is 5.77. The first-order chi connectivity index (χ1) is 11.5. The topological polar surface area (TPSA) is 16.1 Å². The molecule has 0 radical (unpaired) electrons. The van der Waals surface area contributed by atoms with E-state index < -0.39 is 0 Å². The predicted molar refractivity (Wildman–Crippen MR) is 117 cm³/mol. The third kappa shape index (κ3) is 5.03. The van der Waals surface area contributed by atoms with Crippen molar-refractivity contribution in [3.63, 3.8) is 0 Å². The van der Waals surface area contributed by atoms with Crippen molar-refractivity contribution in [2.45, 2.75) is 47.5 Å². The van der Waals surface area contributed by atoms with E-state index in [9.17, 15) is 0 Å². The molecule has 0 N–H and O–H groups in total. The van der Waals surface area contributed by atoms with E-state index in [2.05, 4.69) is 68.8 Å². The van der Waals surface area contributed by atoms with Crippen LogP contribution in [-0.4, -0.2) is 18.1 Å². The Labute approximate surface area is 177 Å². The standard InChI is InChI=1S/C12H13N2.C10H15.2CH3.Fe/c1-2-9-14(8-1)12-6-7-13-11-5-3-4-10(11)12;1-6-7(2)9(4)10(5)8(6)3;;;/h3-7H,1-2,8-9H2;1-5H3;2*1H3;/q4*-1;+4. The van der Waals surface area contributed by atoms with Crippen molar-refractivity contribution in [3.05, 3.63) is 73.1 Å². The van der Waals surface area contributed by atoms with E-state index >= 15 is 0 Å². The molecule has 1 aromatic heterocycles. The first-order valence-corrected chi connectivity index (χ1v) is 8.95. The van der Waals surface area contributed by atoms with Gasteiger partial charge >= 0.3 is 17.1 Å². The van der Waals surface area contributed by atoms with E-state index in [0.717, 1.165) is 5.52 Å². The summed E-state index contributed by atoms with van der Waals surface area (Å²) in [4.78, 5) is 6.81. The molecule has 0 bridgehead atoms. The van der Waals surface area contributed by atoms with E-state index in [1.54, 1.807) is 0 Å². The molecule has 1 saturated heterocycles. The Morgan fingerprint density at radius 1 is 0.963 bits per heavy atom. The first kappa shape index (κ1) is 25.4. The summed E-state index contributed by atoms with van der Waals surface area (Å²) in [6, 6.07) is 8.45. The van der Waals surface area contributed by atoms with Crippen molar-refractivity contribution in [1.82, 2.24) is 4.98 Å². The molecule has 2 aromatic carbocycles. The summed E-state index contributed by atoms with van der Waals surface area (Å²) in [5.41, 5.74) is 9.82. The smallest absolute Gasteiger partial charge is 0.410 e. The summed E-state index contributed by atoms with van der Waals surface area (Å²) < 4.78 is 0. The zero-order chi connectivity index (χ0) is 17.3. The molecule has 0 amide bonds. The molecule has 148 valence electrons. The van der Waals surface area contributed by atoms with Crippen molar-refractivity contribution < 1.29 is 17.1 Å². The summed E-state index contributed by atoms with van der Waals surface area (Å²) in [5, 5.41) is 1.30. The number of nitrogens with zero attached hydrogens (tertiary/aromatic N) is 2. The number of aromatic nitrogens is 1. The molecular weight excluding hydrogens is 372 g/mol. The normalized spacial score (nSPS) is 12.6. The summed E-state index contributed by atoms with van der Waals surface area (Å²) >= 11 is 0. The molecule has 1 fully saturated rings. The average molecular weight is 406 g/mol. The van der Waals surface area contributed by atoms with E-state index in [1.807, 2.05) is 6.20 Å². The van der Waals surface area contributed by atoms with Gasteiger partial charge in [0.15, 0.2) is 0 Å². The van der Waals surface area contributed by atoms with Crippen LogP contribution in [0, 0.1) is 49.5 Å². The maximum atomic E-state index is 4.35. The Morgan fingerprint density at radius 2 is 1.52 bits per heavy atom. The molecule has 0 unspecified atom stereocenters. The van der Waals surface area contributed by atoms with Crippen LogP contribution in [0.25, 0.3) is 10.9 Å². The van der Waals surface area contributed by atoms with E-state index in [1.165, 1.54) is 64.8 Å². The van der Waals surface area contributed by atoms with Gasteiger partial charge in [-0.3, -0.25) is 0 Å². The molecule has 0 saturated carbocycles. The van der Waals surface area contributed by atoms with Gasteiger partial charge in [-0.25, -0.2) is 0 Å². The Kier molecular flexibility index (Phi) is 10.1. The Hall–Kier alpha value is -1.57. The number of rotatable bonds is 1. The van der Waals surface area contributed by atoms with Gasteiger partial charge in [0.05, 0.1) is 0 Å². The molecule has 0 aliphatic carbocycles. The number of anilines is 1. The molecule has 1 aliphatic rings. The number of hydrogen-bond donors (Lipinski definition) is 0. The van der Waals surface area contributed by atoms with Gasteiger partial charge in [-0.1, -0.05) is 46.2 Å². The molecule has 2 nitrogen and oxygen atoms in total. The maximum Gasteiger partial charge on any atom is 4.00 e. The van der Waals surface area contributed by atoms with Gasteiger partial charge in [-0.2, -0.15) is 39.9 Å². The number of pyridine rings is 1. The fourth-order valence-electron chi connectivity index (χ4n) is 3.66. The molecule has 0 atom stereocenters. The van der Waals surface area contributed by atoms with Crippen molar-refractivity contribution >= 4 is 16.6 Å². The zero-order valence-electron chi connectivity index (χ0n) is 18.0. The van der Waals surface area contributed by atoms with Crippen LogP contribution in [0.4, 0.5) is 5.69 Å². The largest absolute Gasteiger partial charge is 4.00 e. The Balaban J connectivity index is 0.000000473. The average Bonchev–Trinajstić information content (AvgIpc) is 3.32. The fraction of sp³-hybridized carbons (Fsp3) is 0.375. The summed E-state index contributed by atoms with van der Waals surface area (Å²) in [6.45, 7) is 13.4. The monoisotopic (exact) mass is 406 g/mol. The second kappa shape index (κ2) is 10.7. The molecule has 4 rings (SSSR count). The molecule has 1 aliphatic heterocycles. The molecule has 3 aromatic rings. The minimum absolute atomic E-state index is 0. The maximum absolute atomic E-state index is 4.35. The molecule has 0 spiro atoms. The zero-order valence-corrected chi connectivity index (χ0v) is 19.1.